The number of anilines is 1. The summed E-state index contributed by atoms with van der Waals surface area (Å²) < 4.78 is 0. The highest BCUT2D eigenvalue weighted by atomic mass is 32.1. The van der Waals surface area contributed by atoms with Gasteiger partial charge in [0.25, 0.3) is 0 Å². The molecule has 0 fully saturated rings. The highest BCUT2D eigenvalue weighted by Crippen LogP contribution is 2.31. The molecule has 2 rings (SSSR count). The molecule has 0 unspecified atom stereocenters. The molecule has 3 nitrogen and oxygen atoms in total. The Kier molecular flexibility index (Phi) is 1.82. The first-order valence-corrected chi connectivity index (χ1v) is 5.03. The number of hydrogen-bond donors (Lipinski definition) is 1. The quantitative estimate of drug-likeness (QED) is 0.762. The van der Waals surface area contributed by atoms with E-state index in [0.29, 0.717) is 5.13 Å². The SMILES string of the molecule is Cc1ncc(-c2cnc(N)s2)s1. The summed E-state index contributed by atoms with van der Waals surface area (Å²) in [4.78, 5) is 10.4. The van der Waals surface area contributed by atoms with E-state index in [1.807, 2.05) is 13.1 Å². The second-order valence-corrected chi connectivity index (χ2v) is 4.60. The first-order chi connectivity index (χ1) is 5.75. The van der Waals surface area contributed by atoms with Crippen LogP contribution in [-0.4, -0.2) is 9.97 Å². The summed E-state index contributed by atoms with van der Waals surface area (Å²) in [6.45, 7) is 1.98. The number of nitrogens with two attached hydrogens (primary N) is 1. The van der Waals surface area contributed by atoms with E-state index < -0.39 is 0 Å². The molecule has 0 aliphatic heterocycles. The van der Waals surface area contributed by atoms with E-state index in [1.54, 1.807) is 17.5 Å². The molecule has 0 radical (unpaired) electrons. The van der Waals surface area contributed by atoms with Crippen molar-refractivity contribution in [3.05, 3.63) is 17.4 Å². The molecule has 0 aromatic carbocycles. The largest absolute Gasteiger partial charge is 0.375 e. The van der Waals surface area contributed by atoms with Crippen LogP contribution in [0.4, 0.5) is 5.13 Å². The van der Waals surface area contributed by atoms with Crippen molar-refractivity contribution in [2.24, 2.45) is 0 Å². The van der Waals surface area contributed by atoms with E-state index in [4.69, 9.17) is 5.73 Å². The number of hydrogen-bond acceptors (Lipinski definition) is 5. The molecule has 0 aliphatic carbocycles. The Morgan fingerprint density at radius 1 is 1.17 bits per heavy atom. The summed E-state index contributed by atoms with van der Waals surface area (Å²) in [5.41, 5.74) is 5.51. The van der Waals surface area contributed by atoms with Crippen LogP contribution in [0.1, 0.15) is 5.01 Å². The van der Waals surface area contributed by atoms with Gasteiger partial charge in [-0.15, -0.1) is 11.3 Å². The molecule has 2 aromatic heterocycles. The minimum atomic E-state index is 0.607. The van der Waals surface area contributed by atoms with Crippen LogP contribution in [0.5, 0.6) is 0 Å². The maximum Gasteiger partial charge on any atom is 0.180 e. The molecule has 0 atom stereocenters. The molecule has 0 aliphatic rings. The zero-order chi connectivity index (χ0) is 8.55. The van der Waals surface area contributed by atoms with Crippen molar-refractivity contribution >= 4 is 27.8 Å². The highest BCUT2D eigenvalue weighted by molar-refractivity contribution is 7.23. The van der Waals surface area contributed by atoms with Crippen LogP contribution in [0.25, 0.3) is 9.75 Å². The molecular formula is C7H7N3S2. The lowest BCUT2D eigenvalue weighted by Gasteiger charge is -1.83. The van der Waals surface area contributed by atoms with Crippen molar-refractivity contribution in [2.75, 3.05) is 5.73 Å². The molecule has 2 N–H and O–H groups in total. The Balaban J connectivity index is 2.43. The summed E-state index contributed by atoms with van der Waals surface area (Å²) in [5.74, 6) is 0. The lowest BCUT2D eigenvalue weighted by Crippen LogP contribution is -1.77. The Hall–Kier alpha value is -0.940. The molecule has 2 aromatic rings. The zero-order valence-corrected chi connectivity index (χ0v) is 8.08. The van der Waals surface area contributed by atoms with Gasteiger partial charge in [0.05, 0.1) is 14.8 Å². The Morgan fingerprint density at radius 3 is 2.33 bits per heavy atom. The van der Waals surface area contributed by atoms with Crippen LogP contribution in [0.2, 0.25) is 0 Å². The van der Waals surface area contributed by atoms with Gasteiger partial charge in [-0.3, -0.25) is 0 Å². The molecule has 0 amide bonds. The molecule has 62 valence electrons. The Morgan fingerprint density at radius 2 is 1.83 bits per heavy atom. The fraction of sp³-hybridized carbons (Fsp3) is 0.143. The molecule has 12 heavy (non-hydrogen) atoms. The highest BCUT2D eigenvalue weighted by Gasteiger charge is 2.04. The molecule has 5 heteroatoms. The third kappa shape index (κ3) is 1.33. The fourth-order valence-electron chi connectivity index (χ4n) is 0.877. The second-order valence-electron chi connectivity index (χ2n) is 2.31. The third-order valence-corrected chi connectivity index (χ3v) is 3.32. The number of nitrogen functional groups attached to an aromatic ring is 1. The summed E-state index contributed by atoms with van der Waals surface area (Å²) >= 11 is 3.15. The van der Waals surface area contributed by atoms with Crippen molar-refractivity contribution in [1.29, 1.82) is 0 Å². The maximum atomic E-state index is 5.51. The summed E-state index contributed by atoms with van der Waals surface area (Å²) in [5, 5.41) is 1.67. The van der Waals surface area contributed by atoms with Crippen LogP contribution < -0.4 is 5.73 Å². The van der Waals surface area contributed by atoms with E-state index in [-0.39, 0.29) is 0 Å². The van der Waals surface area contributed by atoms with E-state index in [1.165, 1.54) is 11.3 Å². The topological polar surface area (TPSA) is 51.8 Å². The third-order valence-electron chi connectivity index (χ3n) is 1.39. The second kappa shape index (κ2) is 2.84. The van der Waals surface area contributed by atoms with E-state index in [2.05, 4.69) is 9.97 Å². The van der Waals surface area contributed by atoms with Gasteiger partial charge in [-0.25, -0.2) is 9.97 Å². The summed E-state index contributed by atoms with van der Waals surface area (Å²) in [7, 11) is 0. The molecule has 0 saturated carbocycles. The number of aromatic nitrogens is 2. The smallest absolute Gasteiger partial charge is 0.180 e. The number of rotatable bonds is 1. The van der Waals surface area contributed by atoms with Crippen LogP contribution in [0.15, 0.2) is 12.4 Å². The Bertz CT molecular complexity index is 353. The van der Waals surface area contributed by atoms with E-state index in [9.17, 15) is 0 Å². The lowest BCUT2D eigenvalue weighted by atomic mass is 10.5. The van der Waals surface area contributed by atoms with Crippen molar-refractivity contribution in [3.63, 3.8) is 0 Å². The average molecular weight is 197 g/mol. The minimum Gasteiger partial charge on any atom is -0.375 e. The minimum absolute atomic E-state index is 0.607. The van der Waals surface area contributed by atoms with Gasteiger partial charge in [0.2, 0.25) is 0 Å². The van der Waals surface area contributed by atoms with Crippen molar-refractivity contribution in [2.45, 2.75) is 6.92 Å². The van der Waals surface area contributed by atoms with Crippen LogP contribution in [0.3, 0.4) is 0 Å². The normalized spacial score (nSPS) is 10.4. The molecule has 0 saturated heterocycles. The molecule has 2 heterocycles. The maximum absolute atomic E-state index is 5.51. The van der Waals surface area contributed by atoms with Crippen LogP contribution >= 0.6 is 22.7 Å². The molecular weight excluding hydrogens is 190 g/mol. The van der Waals surface area contributed by atoms with Crippen LogP contribution in [-0.2, 0) is 0 Å². The average Bonchev–Trinajstić information content (AvgIpc) is 2.58. The predicted octanol–water partition coefficient (Wildman–Crippen LogP) is 2.16. The standard InChI is InChI=1S/C7H7N3S2/c1-4-9-2-5(11-4)6-3-10-7(8)12-6/h2-3H,1H3,(H2,8,10). The van der Waals surface area contributed by atoms with E-state index in [0.717, 1.165) is 14.8 Å². The van der Waals surface area contributed by atoms with Gasteiger partial charge in [0.1, 0.15) is 0 Å². The van der Waals surface area contributed by atoms with Gasteiger partial charge >= 0.3 is 0 Å². The number of nitrogens with zero attached hydrogens (tertiary/aromatic N) is 2. The van der Waals surface area contributed by atoms with Gasteiger partial charge in [-0.2, -0.15) is 0 Å². The van der Waals surface area contributed by atoms with Gasteiger partial charge in [0.15, 0.2) is 5.13 Å². The summed E-state index contributed by atoms with van der Waals surface area (Å²) in [6.07, 6.45) is 3.64. The Labute approximate surface area is 77.9 Å². The van der Waals surface area contributed by atoms with E-state index >= 15 is 0 Å². The first kappa shape index (κ1) is 7.70. The fourth-order valence-corrected chi connectivity index (χ4v) is 2.40. The van der Waals surface area contributed by atoms with Gasteiger partial charge in [-0.1, -0.05) is 11.3 Å². The van der Waals surface area contributed by atoms with Crippen molar-refractivity contribution in [1.82, 2.24) is 9.97 Å². The van der Waals surface area contributed by atoms with Crippen molar-refractivity contribution in [3.8, 4) is 9.75 Å². The van der Waals surface area contributed by atoms with Crippen LogP contribution in [0, 0.1) is 6.92 Å². The van der Waals surface area contributed by atoms with Crippen molar-refractivity contribution < 1.29 is 0 Å². The van der Waals surface area contributed by atoms with Gasteiger partial charge in [-0.05, 0) is 6.92 Å². The lowest BCUT2D eigenvalue weighted by molar-refractivity contribution is 1.30. The molecule has 0 spiro atoms. The predicted molar refractivity (Wildman–Crippen MR) is 52.4 cm³/mol. The number of aryl methyl sites for hydroxylation is 1. The van der Waals surface area contributed by atoms with Gasteiger partial charge in [0, 0.05) is 12.4 Å². The summed E-state index contributed by atoms with van der Waals surface area (Å²) in [6, 6.07) is 0. The molecule has 0 bridgehead atoms. The number of thiazole rings is 2. The van der Waals surface area contributed by atoms with Gasteiger partial charge < -0.3 is 5.73 Å². The zero-order valence-electron chi connectivity index (χ0n) is 6.44. The first-order valence-electron chi connectivity index (χ1n) is 3.40. The monoisotopic (exact) mass is 197 g/mol.